The van der Waals surface area contributed by atoms with Crippen molar-refractivity contribution in [3.63, 3.8) is 0 Å². The third-order valence-electron chi connectivity index (χ3n) is 3.19. The highest BCUT2D eigenvalue weighted by molar-refractivity contribution is 5.94. The van der Waals surface area contributed by atoms with Crippen molar-refractivity contribution in [2.24, 2.45) is 11.1 Å². The minimum absolute atomic E-state index is 0.00548. The molecule has 0 radical (unpaired) electrons. The summed E-state index contributed by atoms with van der Waals surface area (Å²) in [7, 11) is 1.98. The lowest BCUT2D eigenvalue weighted by Gasteiger charge is -2.30. The molecule has 0 aliphatic carbocycles. The van der Waals surface area contributed by atoms with E-state index in [0.717, 1.165) is 17.8 Å². The number of amides is 1. The standard InChI is InChI=1S/C16H27N3O/c1-12(19(5)11-16(2,3)4)15(20)18-14-8-6-7-13(9-14)10-17/h6-9,12H,10-11,17H2,1-5H3,(H,18,20). The number of nitrogens with zero attached hydrogens (tertiary/aromatic N) is 1. The van der Waals surface area contributed by atoms with Crippen LogP contribution in [0.2, 0.25) is 0 Å². The van der Waals surface area contributed by atoms with Crippen molar-refractivity contribution in [1.29, 1.82) is 0 Å². The first-order valence-corrected chi connectivity index (χ1v) is 7.03. The summed E-state index contributed by atoms with van der Waals surface area (Å²) in [5.74, 6) is 0.00548. The number of likely N-dealkylation sites (N-methyl/N-ethyl adjacent to an activating group) is 1. The molecule has 0 fully saturated rings. The predicted molar refractivity (Wildman–Crippen MR) is 84.5 cm³/mol. The fourth-order valence-electron chi connectivity index (χ4n) is 2.11. The zero-order valence-electron chi connectivity index (χ0n) is 13.2. The number of nitrogens with two attached hydrogens (primary N) is 1. The van der Waals surface area contributed by atoms with Crippen LogP contribution in [0.25, 0.3) is 0 Å². The maximum atomic E-state index is 12.3. The summed E-state index contributed by atoms with van der Waals surface area (Å²) in [4.78, 5) is 14.3. The first kappa shape index (κ1) is 16.7. The highest BCUT2D eigenvalue weighted by atomic mass is 16.2. The highest BCUT2D eigenvalue weighted by Gasteiger charge is 2.22. The Morgan fingerprint density at radius 3 is 2.60 bits per heavy atom. The van der Waals surface area contributed by atoms with Gasteiger partial charge in [-0.05, 0) is 37.1 Å². The van der Waals surface area contributed by atoms with Gasteiger partial charge in [-0.1, -0.05) is 32.9 Å². The van der Waals surface area contributed by atoms with Gasteiger partial charge in [-0.2, -0.15) is 0 Å². The summed E-state index contributed by atoms with van der Waals surface area (Å²) in [6.45, 7) is 9.76. The minimum Gasteiger partial charge on any atom is -0.326 e. The molecular formula is C16H27N3O. The van der Waals surface area contributed by atoms with Crippen LogP contribution in [-0.4, -0.2) is 30.4 Å². The van der Waals surface area contributed by atoms with Gasteiger partial charge in [-0.25, -0.2) is 0 Å². The van der Waals surface area contributed by atoms with E-state index in [1.165, 1.54) is 0 Å². The average molecular weight is 277 g/mol. The SMILES string of the molecule is CC(C(=O)Nc1cccc(CN)c1)N(C)CC(C)(C)C. The van der Waals surface area contributed by atoms with E-state index in [-0.39, 0.29) is 17.4 Å². The second-order valence-corrected chi connectivity index (χ2v) is 6.55. The lowest BCUT2D eigenvalue weighted by Crippen LogP contribution is -2.43. The molecule has 0 aromatic heterocycles. The zero-order valence-corrected chi connectivity index (χ0v) is 13.2. The van der Waals surface area contributed by atoms with E-state index in [2.05, 4.69) is 31.0 Å². The molecule has 1 amide bonds. The topological polar surface area (TPSA) is 58.4 Å². The van der Waals surface area contributed by atoms with Gasteiger partial charge in [0.1, 0.15) is 0 Å². The fraction of sp³-hybridized carbons (Fsp3) is 0.562. The van der Waals surface area contributed by atoms with Crippen LogP contribution in [-0.2, 0) is 11.3 Å². The van der Waals surface area contributed by atoms with Crippen LogP contribution < -0.4 is 11.1 Å². The van der Waals surface area contributed by atoms with E-state index in [1.54, 1.807) is 0 Å². The smallest absolute Gasteiger partial charge is 0.241 e. The molecule has 0 saturated carbocycles. The molecule has 0 heterocycles. The summed E-state index contributed by atoms with van der Waals surface area (Å²) in [5.41, 5.74) is 7.59. The molecule has 0 spiro atoms. The number of carbonyl (C=O) groups is 1. The van der Waals surface area contributed by atoms with Crippen molar-refractivity contribution < 1.29 is 4.79 Å². The molecule has 20 heavy (non-hydrogen) atoms. The largest absolute Gasteiger partial charge is 0.326 e. The molecule has 1 aromatic rings. The third kappa shape index (κ3) is 5.31. The Balaban J connectivity index is 2.65. The quantitative estimate of drug-likeness (QED) is 0.869. The van der Waals surface area contributed by atoms with Crippen LogP contribution in [0, 0.1) is 5.41 Å². The number of anilines is 1. The van der Waals surface area contributed by atoms with Crippen LogP contribution >= 0.6 is 0 Å². The molecule has 1 rings (SSSR count). The van der Waals surface area contributed by atoms with Crippen molar-refractivity contribution >= 4 is 11.6 Å². The van der Waals surface area contributed by atoms with Crippen LogP contribution in [0.4, 0.5) is 5.69 Å². The molecular weight excluding hydrogens is 250 g/mol. The third-order valence-corrected chi connectivity index (χ3v) is 3.19. The second kappa shape index (κ2) is 6.86. The minimum atomic E-state index is -0.171. The number of hydrogen-bond donors (Lipinski definition) is 2. The van der Waals surface area contributed by atoms with Crippen LogP contribution in [0.1, 0.15) is 33.3 Å². The van der Waals surface area contributed by atoms with Crippen LogP contribution in [0.3, 0.4) is 0 Å². The lowest BCUT2D eigenvalue weighted by atomic mass is 9.95. The van der Waals surface area contributed by atoms with Gasteiger partial charge < -0.3 is 11.1 Å². The van der Waals surface area contributed by atoms with Crippen molar-refractivity contribution in [2.75, 3.05) is 18.9 Å². The maximum absolute atomic E-state index is 12.3. The Morgan fingerprint density at radius 2 is 2.05 bits per heavy atom. The van der Waals surface area contributed by atoms with Gasteiger partial charge in [0.15, 0.2) is 0 Å². The Morgan fingerprint density at radius 1 is 1.40 bits per heavy atom. The fourth-order valence-corrected chi connectivity index (χ4v) is 2.11. The molecule has 0 aliphatic heterocycles. The molecule has 0 aliphatic rings. The van der Waals surface area contributed by atoms with E-state index in [1.807, 2.05) is 38.2 Å². The van der Waals surface area contributed by atoms with Gasteiger partial charge in [0.2, 0.25) is 5.91 Å². The van der Waals surface area contributed by atoms with Gasteiger partial charge in [0.05, 0.1) is 6.04 Å². The highest BCUT2D eigenvalue weighted by Crippen LogP contribution is 2.17. The van der Waals surface area contributed by atoms with Crippen LogP contribution in [0.15, 0.2) is 24.3 Å². The van der Waals surface area contributed by atoms with Gasteiger partial charge >= 0.3 is 0 Å². The molecule has 1 aromatic carbocycles. The van der Waals surface area contributed by atoms with Gasteiger partial charge in [0, 0.05) is 18.8 Å². The Kier molecular flexibility index (Phi) is 5.72. The monoisotopic (exact) mass is 277 g/mol. The van der Waals surface area contributed by atoms with Gasteiger partial charge in [-0.3, -0.25) is 9.69 Å². The molecule has 4 heteroatoms. The number of benzene rings is 1. The zero-order chi connectivity index (χ0) is 15.3. The lowest BCUT2D eigenvalue weighted by molar-refractivity contribution is -0.120. The number of hydrogen-bond acceptors (Lipinski definition) is 3. The number of carbonyl (C=O) groups excluding carboxylic acids is 1. The van der Waals surface area contributed by atoms with Crippen molar-refractivity contribution in [3.8, 4) is 0 Å². The summed E-state index contributed by atoms with van der Waals surface area (Å²) < 4.78 is 0. The summed E-state index contributed by atoms with van der Waals surface area (Å²) in [5, 5.41) is 2.95. The second-order valence-electron chi connectivity index (χ2n) is 6.55. The van der Waals surface area contributed by atoms with Crippen LogP contribution in [0.5, 0.6) is 0 Å². The van der Waals surface area contributed by atoms with Gasteiger partial charge in [-0.15, -0.1) is 0 Å². The summed E-state index contributed by atoms with van der Waals surface area (Å²) in [6.07, 6.45) is 0. The Labute approximate surface area is 122 Å². The van der Waals surface area contributed by atoms with Crippen molar-refractivity contribution in [1.82, 2.24) is 4.90 Å². The van der Waals surface area contributed by atoms with Crippen molar-refractivity contribution in [2.45, 2.75) is 40.3 Å². The van der Waals surface area contributed by atoms with E-state index >= 15 is 0 Å². The molecule has 0 saturated heterocycles. The Hall–Kier alpha value is -1.39. The number of nitrogens with one attached hydrogen (secondary N) is 1. The van der Waals surface area contributed by atoms with Crippen molar-refractivity contribution in [3.05, 3.63) is 29.8 Å². The molecule has 1 atom stereocenters. The van der Waals surface area contributed by atoms with E-state index in [0.29, 0.717) is 6.54 Å². The van der Waals surface area contributed by atoms with E-state index in [4.69, 9.17) is 5.73 Å². The molecule has 1 unspecified atom stereocenters. The first-order valence-electron chi connectivity index (χ1n) is 7.03. The van der Waals surface area contributed by atoms with Gasteiger partial charge in [0.25, 0.3) is 0 Å². The first-order chi connectivity index (χ1) is 9.23. The Bertz CT molecular complexity index is 451. The normalized spacial score (nSPS) is 13.3. The maximum Gasteiger partial charge on any atom is 0.241 e. The summed E-state index contributed by atoms with van der Waals surface area (Å²) >= 11 is 0. The molecule has 4 nitrogen and oxygen atoms in total. The molecule has 3 N–H and O–H groups in total. The van der Waals surface area contributed by atoms with E-state index in [9.17, 15) is 4.79 Å². The average Bonchev–Trinajstić information content (AvgIpc) is 2.36. The molecule has 0 bridgehead atoms. The van der Waals surface area contributed by atoms with E-state index < -0.39 is 0 Å². The number of rotatable bonds is 5. The molecule has 112 valence electrons. The summed E-state index contributed by atoms with van der Waals surface area (Å²) in [6, 6.07) is 7.48. The predicted octanol–water partition coefficient (Wildman–Crippen LogP) is 2.45.